The van der Waals surface area contributed by atoms with Gasteiger partial charge in [-0.3, -0.25) is 15.6 Å². The van der Waals surface area contributed by atoms with E-state index in [-0.39, 0.29) is 17.3 Å². The van der Waals surface area contributed by atoms with Gasteiger partial charge in [0, 0.05) is 13.0 Å². The Bertz CT molecular complexity index is 861. The lowest BCUT2D eigenvalue weighted by Crippen LogP contribution is -2.21. The van der Waals surface area contributed by atoms with Crippen LogP contribution < -0.4 is 15.9 Å². The van der Waals surface area contributed by atoms with Crippen LogP contribution in [0.3, 0.4) is 0 Å². The van der Waals surface area contributed by atoms with Gasteiger partial charge >= 0.3 is 0 Å². The highest BCUT2D eigenvalue weighted by Gasteiger charge is 2.13. The molecule has 2 aromatic rings. The van der Waals surface area contributed by atoms with Crippen molar-refractivity contribution in [3.05, 3.63) is 36.1 Å². The van der Waals surface area contributed by atoms with Crippen LogP contribution in [0.15, 0.2) is 39.9 Å². The summed E-state index contributed by atoms with van der Waals surface area (Å²) in [4.78, 5) is 11.3. The summed E-state index contributed by atoms with van der Waals surface area (Å²) in [6, 6.07) is 10.0. The van der Waals surface area contributed by atoms with Crippen LogP contribution >= 0.6 is 0 Å². The molecule has 0 aliphatic carbocycles. The minimum absolute atomic E-state index is 0.166. The summed E-state index contributed by atoms with van der Waals surface area (Å²) >= 11 is 0. The minimum atomic E-state index is -0.430. The van der Waals surface area contributed by atoms with Crippen molar-refractivity contribution in [3.8, 4) is 23.1 Å². The fourth-order valence-electron chi connectivity index (χ4n) is 1.90. The van der Waals surface area contributed by atoms with E-state index >= 15 is 0 Å². The van der Waals surface area contributed by atoms with E-state index in [4.69, 9.17) is 25.6 Å². The number of furan rings is 1. The van der Waals surface area contributed by atoms with Crippen LogP contribution in [0.2, 0.25) is 0 Å². The third kappa shape index (κ3) is 3.59. The summed E-state index contributed by atoms with van der Waals surface area (Å²) in [7, 11) is 1.50. The lowest BCUT2D eigenvalue weighted by Gasteiger charge is -2.09. The molecular weight excluding hydrogens is 310 g/mol. The zero-order valence-electron chi connectivity index (χ0n) is 13.1. The molecule has 8 nitrogen and oxygen atoms in total. The molecule has 0 fully saturated rings. The van der Waals surface area contributed by atoms with Gasteiger partial charge < -0.3 is 14.9 Å². The molecule has 2 rings (SSSR count). The predicted molar refractivity (Wildman–Crippen MR) is 89.3 cm³/mol. The Morgan fingerprint density at radius 3 is 2.71 bits per heavy atom. The van der Waals surface area contributed by atoms with Gasteiger partial charge in [-0.1, -0.05) is 0 Å². The van der Waals surface area contributed by atoms with Gasteiger partial charge in [0.1, 0.15) is 17.6 Å². The molecule has 8 heteroatoms. The maximum Gasteiger partial charge on any atom is 0.201 e. The van der Waals surface area contributed by atoms with Crippen LogP contribution in [-0.4, -0.2) is 24.4 Å². The van der Waals surface area contributed by atoms with Crippen LogP contribution in [0.25, 0.3) is 11.3 Å². The van der Waals surface area contributed by atoms with E-state index in [9.17, 15) is 4.79 Å². The number of ether oxygens (including phenoxy) is 1. The molecule has 0 unspecified atom stereocenters. The van der Waals surface area contributed by atoms with Crippen molar-refractivity contribution in [2.75, 3.05) is 12.5 Å². The number of methoxy groups -OCH3 is 1. The number of hydrogen-bond donors (Lipinski definition) is 3. The highest BCUT2D eigenvalue weighted by atomic mass is 16.5. The van der Waals surface area contributed by atoms with Gasteiger partial charge in [-0.05, 0) is 24.3 Å². The molecule has 1 aromatic carbocycles. The van der Waals surface area contributed by atoms with E-state index in [1.165, 1.54) is 14.0 Å². The molecule has 0 radical (unpaired) electrons. The van der Waals surface area contributed by atoms with Crippen LogP contribution in [0.5, 0.6) is 5.75 Å². The van der Waals surface area contributed by atoms with E-state index in [0.717, 1.165) is 0 Å². The number of anilines is 1. The molecule has 0 aliphatic rings. The predicted octanol–water partition coefficient (Wildman–Crippen LogP) is 2.39. The molecule has 1 heterocycles. The average molecular weight is 325 g/mol. The molecule has 122 valence electrons. The number of amidine groups is 1. The molecule has 0 spiro atoms. The van der Waals surface area contributed by atoms with Gasteiger partial charge in [-0.2, -0.15) is 10.4 Å². The Morgan fingerprint density at radius 1 is 1.42 bits per heavy atom. The lowest BCUT2D eigenvalue weighted by atomic mass is 10.1. The van der Waals surface area contributed by atoms with Crippen LogP contribution in [0.1, 0.15) is 17.5 Å². The number of nitrogens with two attached hydrogens (primary N) is 1. The van der Waals surface area contributed by atoms with Crippen molar-refractivity contribution < 1.29 is 13.9 Å². The third-order valence-electron chi connectivity index (χ3n) is 3.08. The second-order valence-corrected chi connectivity index (χ2v) is 4.73. The average Bonchev–Trinajstić information content (AvgIpc) is 3.05. The number of nitrogens with one attached hydrogen (secondary N) is 2. The second kappa shape index (κ2) is 7.11. The van der Waals surface area contributed by atoms with E-state index in [0.29, 0.717) is 22.8 Å². The lowest BCUT2D eigenvalue weighted by molar-refractivity contribution is 0.0988. The minimum Gasteiger partial charge on any atom is -0.496 e. The van der Waals surface area contributed by atoms with Crippen LogP contribution in [0, 0.1) is 16.7 Å². The number of carbonyl (C=O) groups is 1. The van der Waals surface area contributed by atoms with Crippen molar-refractivity contribution in [2.24, 2.45) is 10.8 Å². The zero-order chi connectivity index (χ0) is 17.7. The number of nitrogens with zero attached hydrogens (tertiary/aromatic N) is 2. The van der Waals surface area contributed by atoms with E-state index in [1.54, 1.807) is 36.4 Å². The Kier molecular flexibility index (Phi) is 4.96. The van der Waals surface area contributed by atoms with Gasteiger partial charge in [0.15, 0.2) is 17.4 Å². The van der Waals surface area contributed by atoms with E-state index < -0.39 is 5.84 Å². The molecule has 0 amide bonds. The van der Waals surface area contributed by atoms with Gasteiger partial charge in [0.2, 0.25) is 5.71 Å². The number of ketones is 1. The molecular formula is C16H15N5O3. The Hall–Kier alpha value is -3.60. The number of rotatable bonds is 6. The highest BCUT2D eigenvalue weighted by molar-refractivity contribution is 6.45. The first-order valence-corrected chi connectivity index (χ1v) is 6.83. The zero-order valence-corrected chi connectivity index (χ0v) is 13.1. The summed E-state index contributed by atoms with van der Waals surface area (Å²) < 4.78 is 10.8. The normalized spacial score (nSPS) is 10.8. The number of hydrogen-bond acceptors (Lipinski definition) is 7. The standard InChI is InChI=1S/C16H15N5O3/c1-9(22)13-5-6-14(24-13)11-4-3-10(7-15(11)23-2)20-21-12(8-17)16(18)19/h3-7,20H,1-2H3,(H3,18,19)/b21-12+. The summed E-state index contributed by atoms with van der Waals surface area (Å²) in [5.41, 5.74) is 8.82. The van der Waals surface area contributed by atoms with E-state index in [1.807, 2.05) is 0 Å². The van der Waals surface area contributed by atoms with Crippen LogP contribution in [-0.2, 0) is 0 Å². The molecule has 0 saturated carbocycles. The number of hydrazone groups is 1. The van der Waals surface area contributed by atoms with Crippen molar-refractivity contribution in [3.63, 3.8) is 0 Å². The Morgan fingerprint density at radius 2 is 2.17 bits per heavy atom. The maximum atomic E-state index is 11.3. The van der Waals surface area contributed by atoms with Gasteiger partial charge in [0.05, 0.1) is 18.4 Å². The van der Waals surface area contributed by atoms with Crippen molar-refractivity contribution in [1.29, 1.82) is 10.7 Å². The van der Waals surface area contributed by atoms with Crippen molar-refractivity contribution in [1.82, 2.24) is 0 Å². The van der Waals surface area contributed by atoms with Crippen molar-refractivity contribution in [2.45, 2.75) is 6.92 Å². The van der Waals surface area contributed by atoms with Gasteiger partial charge in [0.25, 0.3) is 0 Å². The first kappa shape index (κ1) is 16.8. The summed E-state index contributed by atoms with van der Waals surface area (Å²) in [6.45, 7) is 1.42. The molecule has 1 aromatic heterocycles. The second-order valence-electron chi connectivity index (χ2n) is 4.73. The molecule has 0 aliphatic heterocycles. The summed E-state index contributed by atoms with van der Waals surface area (Å²) in [5.74, 6) is 0.649. The van der Waals surface area contributed by atoms with E-state index in [2.05, 4.69) is 10.5 Å². The Balaban J connectivity index is 2.32. The molecule has 0 saturated heterocycles. The molecule has 0 atom stereocenters. The highest BCUT2D eigenvalue weighted by Crippen LogP contribution is 2.33. The SMILES string of the molecule is COc1cc(N/N=C(\C#N)C(=N)N)ccc1-c1ccc(C(C)=O)o1. The fraction of sp³-hybridized carbons (Fsp3) is 0.125. The number of benzene rings is 1. The van der Waals surface area contributed by atoms with Gasteiger partial charge in [-0.25, -0.2) is 0 Å². The quantitative estimate of drug-likeness (QED) is 0.323. The molecule has 4 N–H and O–H groups in total. The monoisotopic (exact) mass is 325 g/mol. The summed E-state index contributed by atoms with van der Waals surface area (Å²) in [5, 5.41) is 19.8. The van der Waals surface area contributed by atoms with Crippen LogP contribution in [0.4, 0.5) is 5.69 Å². The third-order valence-corrected chi connectivity index (χ3v) is 3.08. The largest absolute Gasteiger partial charge is 0.496 e. The topological polar surface area (TPSA) is 137 Å². The first-order valence-electron chi connectivity index (χ1n) is 6.83. The smallest absolute Gasteiger partial charge is 0.201 e. The number of nitriles is 1. The maximum absolute atomic E-state index is 11.3. The van der Waals surface area contributed by atoms with Crippen molar-refractivity contribution >= 4 is 23.0 Å². The fourth-order valence-corrected chi connectivity index (χ4v) is 1.90. The molecule has 24 heavy (non-hydrogen) atoms. The summed E-state index contributed by atoms with van der Waals surface area (Å²) in [6.07, 6.45) is 0. The first-order chi connectivity index (χ1) is 11.5. The van der Waals surface area contributed by atoms with Gasteiger partial charge in [-0.15, -0.1) is 0 Å². The Labute approximate surface area is 138 Å². The molecule has 0 bridgehead atoms. The number of Topliss-reactive ketones (excluding diaryl/α,β-unsaturated/α-hetero) is 1. The number of carbonyl (C=O) groups excluding carboxylic acids is 1.